The summed E-state index contributed by atoms with van der Waals surface area (Å²) in [5.41, 5.74) is 8.50. The lowest BCUT2D eigenvalue weighted by molar-refractivity contribution is -0.0334. The van der Waals surface area contributed by atoms with E-state index in [1.807, 2.05) is 0 Å². The predicted molar refractivity (Wildman–Crippen MR) is 35.4 cm³/mol. The third kappa shape index (κ3) is 10.2. The number of ether oxygens (including phenoxy) is 2. The number of carbonyl (C=O) groups excluding carboxylic acids is 1. The highest BCUT2D eigenvalue weighted by Gasteiger charge is 1.94. The molecule has 0 aliphatic carbocycles. The van der Waals surface area contributed by atoms with E-state index in [9.17, 15) is 0 Å². The van der Waals surface area contributed by atoms with Gasteiger partial charge >= 0.3 is 6.03 Å². The molecule has 1 rings (SSSR count). The Bertz CT molecular complexity index is 77.4. The Morgan fingerprint density at radius 2 is 1.20 bits per heavy atom. The van der Waals surface area contributed by atoms with Crippen LogP contribution in [0.4, 0.5) is 4.79 Å². The van der Waals surface area contributed by atoms with Gasteiger partial charge in [0.05, 0.1) is 26.4 Å². The van der Waals surface area contributed by atoms with Gasteiger partial charge in [0, 0.05) is 0 Å². The molecule has 1 heterocycles. The van der Waals surface area contributed by atoms with Crippen molar-refractivity contribution in [2.45, 2.75) is 0 Å². The van der Waals surface area contributed by atoms with Crippen LogP contribution < -0.4 is 11.5 Å². The van der Waals surface area contributed by atoms with Gasteiger partial charge in [-0.3, -0.25) is 0 Å². The zero-order chi connectivity index (χ0) is 7.82. The summed E-state index contributed by atoms with van der Waals surface area (Å²) in [7, 11) is 0. The zero-order valence-electron chi connectivity index (χ0n) is 5.71. The van der Waals surface area contributed by atoms with E-state index in [4.69, 9.17) is 14.3 Å². The van der Waals surface area contributed by atoms with Crippen LogP contribution in [0.15, 0.2) is 0 Å². The first-order valence-corrected chi connectivity index (χ1v) is 2.94. The summed E-state index contributed by atoms with van der Waals surface area (Å²) in [6.45, 7) is 3.11. The molecule has 1 fully saturated rings. The highest BCUT2D eigenvalue weighted by atomic mass is 16.6. The molecule has 0 bridgehead atoms. The Morgan fingerprint density at radius 1 is 1.00 bits per heavy atom. The first-order chi connectivity index (χ1) is 4.73. The maximum absolute atomic E-state index is 9.00. The summed E-state index contributed by atoms with van der Waals surface area (Å²) in [6, 6.07) is -0.833. The van der Waals surface area contributed by atoms with Crippen molar-refractivity contribution in [3.63, 3.8) is 0 Å². The number of primary amides is 2. The minimum absolute atomic E-state index is 0.778. The van der Waals surface area contributed by atoms with Gasteiger partial charge in [0.1, 0.15) is 0 Å². The summed E-state index contributed by atoms with van der Waals surface area (Å²) < 4.78 is 9.89. The normalized spacial score (nSPS) is 16.8. The van der Waals surface area contributed by atoms with Crippen LogP contribution in [-0.2, 0) is 9.47 Å². The molecule has 0 aromatic heterocycles. The molecule has 1 aliphatic heterocycles. The first-order valence-electron chi connectivity index (χ1n) is 2.94. The van der Waals surface area contributed by atoms with Crippen LogP contribution in [0.1, 0.15) is 0 Å². The molecule has 1 saturated heterocycles. The summed E-state index contributed by atoms with van der Waals surface area (Å²) in [6.07, 6.45) is 0. The van der Waals surface area contributed by atoms with Gasteiger partial charge in [0.2, 0.25) is 0 Å². The highest BCUT2D eigenvalue weighted by Crippen LogP contribution is 1.85. The molecule has 60 valence electrons. The molecule has 0 atom stereocenters. The van der Waals surface area contributed by atoms with E-state index >= 15 is 0 Å². The molecule has 5 heteroatoms. The van der Waals surface area contributed by atoms with Crippen molar-refractivity contribution in [2.75, 3.05) is 26.4 Å². The van der Waals surface area contributed by atoms with Gasteiger partial charge in [-0.05, 0) is 0 Å². The van der Waals surface area contributed by atoms with E-state index < -0.39 is 6.03 Å². The minimum Gasteiger partial charge on any atom is -0.377 e. The molecule has 0 radical (unpaired) electrons. The van der Waals surface area contributed by atoms with E-state index in [0.717, 1.165) is 26.4 Å². The van der Waals surface area contributed by atoms with Crippen LogP contribution in [0.5, 0.6) is 0 Å². The fourth-order valence-corrected chi connectivity index (χ4v) is 0.440. The van der Waals surface area contributed by atoms with Crippen LogP contribution in [-0.4, -0.2) is 32.5 Å². The average Bonchev–Trinajstić information content (AvgIpc) is 1.90. The highest BCUT2D eigenvalue weighted by molar-refractivity contribution is 5.69. The van der Waals surface area contributed by atoms with Gasteiger partial charge in [-0.1, -0.05) is 0 Å². The van der Waals surface area contributed by atoms with Gasteiger partial charge in [0.25, 0.3) is 0 Å². The van der Waals surface area contributed by atoms with Gasteiger partial charge in [-0.15, -0.1) is 0 Å². The van der Waals surface area contributed by atoms with Crippen molar-refractivity contribution in [2.24, 2.45) is 11.5 Å². The third-order valence-electron chi connectivity index (χ3n) is 0.744. The second-order valence-electron chi connectivity index (χ2n) is 1.63. The van der Waals surface area contributed by atoms with E-state index in [1.54, 1.807) is 0 Å². The van der Waals surface area contributed by atoms with Crippen LogP contribution in [0.2, 0.25) is 0 Å². The van der Waals surface area contributed by atoms with Crippen molar-refractivity contribution in [1.29, 1.82) is 0 Å². The van der Waals surface area contributed by atoms with E-state index in [2.05, 4.69) is 11.5 Å². The molecule has 4 N–H and O–H groups in total. The number of hydrogen-bond donors (Lipinski definition) is 2. The summed E-state index contributed by atoms with van der Waals surface area (Å²) >= 11 is 0. The molecular weight excluding hydrogens is 136 g/mol. The molecule has 0 unspecified atom stereocenters. The molecule has 10 heavy (non-hydrogen) atoms. The fourth-order valence-electron chi connectivity index (χ4n) is 0.440. The van der Waals surface area contributed by atoms with E-state index in [0.29, 0.717) is 0 Å². The monoisotopic (exact) mass is 148 g/mol. The lowest BCUT2D eigenvalue weighted by atomic mass is 10.6. The molecule has 5 nitrogen and oxygen atoms in total. The topological polar surface area (TPSA) is 87.6 Å². The van der Waals surface area contributed by atoms with E-state index in [-0.39, 0.29) is 0 Å². The van der Waals surface area contributed by atoms with Crippen LogP contribution in [0, 0.1) is 0 Å². The second kappa shape index (κ2) is 6.31. The largest absolute Gasteiger partial charge is 0.377 e. The number of rotatable bonds is 0. The quantitative estimate of drug-likeness (QED) is 0.464. The second-order valence-corrected chi connectivity index (χ2v) is 1.63. The number of urea groups is 1. The zero-order valence-corrected chi connectivity index (χ0v) is 5.71. The molecule has 0 saturated carbocycles. The molecule has 0 aromatic carbocycles. The van der Waals surface area contributed by atoms with Crippen molar-refractivity contribution in [3.05, 3.63) is 0 Å². The molecule has 0 spiro atoms. The summed E-state index contributed by atoms with van der Waals surface area (Å²) in [5, 5.41) is 0. The maximum Gasteiger partial charge on any atom is 0.309 e. The summed E-state index contributed by atoms with van der Waals surface area (Å²) in [4.78, 5) is 9.00. The Hall–Kier alpha value is -0.810. The number of hydrogen-bond acceptors (Lipinski definition) is 3. The maximum atomic E-state index is 9.00. The Labute approximate surface area is 59.3 Å². The standard InChI is InChI=1S/C4H8O2.CH4N2O/c1-2-6-4-3-5-1;2-1(3)4/h1-4H2;(H4,2,3,4). The van der Waals surface area contributed by atoms with Gasteiger partial charge < -0.3 is 20.9 Å². The van der Waals surface area contributed by atoms with Crippen molar-refractivity contribution in [1.82, 2.24) is 0 Å². The summed E-state index contributed by atoms with van der Waals surface area (Å²) in [5.74, 6) is 0. The van der Waals surface area contributed by atoms with E-state index in [1.165, 1.54) is 0 Å². The fraction of sp³-hybridized carbons (Fsp3) is 0.800. The van der Waals surface area contributed by atoms with Crippen molar-refractivity contribution >= 4 is 6.03 Å². The van der Waals surface area contributed by atoms with Gasteiger partial charge in [0.15, 0.2) is 0 Å². The minimum atomic E-state index is -0.833. The molecule has 0 aromatic rings. The lowest BCUT2D eigenvalue weighted by Gasteiger charge is -2.09. The Kier molecular flexibility index (Phi) is 5.80. The smallest absolute Gasteiger partial charge is 0.309 e. The SMILES string of the molecule is C1COCCO1.NC(N)=O. The van der Waals surface area contributed by atoms with Crippen LogP contribution in [0.25, 0.3) is 0 Å². The molecule has 1 aliphatic rings. The first kappa shape index (κ1) is 9.19. The number of carbonyl (C=O) groups is 1. The molecule has 2 amide bonds. The molecular formula is C5H12N2O3. The van der Waals surface area contributed by atoms with Crippen LogP contribution in [0.3, 0.4) is 0 Å². The Morgan fingerprint density at radius 3 is 1.30 bits per heavy atom. The average molecular weight is 148 g/mol. The predicted octanol–water partition coefficient (Wildman–Crippen LogP) is -0.943. The van der Waals surface area contributed by atoms with Crippen molar-refractivity contribution in [3.8, 4) is 0 Å². The number of amides is 2. The number of nitrogens with two attached hydrogens (primary N) is 2. The third-order valence-corrected chi connectivity index (χ3v) is 0.744. The van der Waals surface area contributed by atoms with Gasteiger partial charge in [-0.2, -0.15) is 0 Å². The Balaban J connectivity index is 0.000000180. The van der Waals surface area contributed by atoms with Crippen molar-refractivity contribution < 1.29 is 14.3 Å². The van der Waals surface area contributed by atoms with Crippen LogP contribution >= 0.6 is 0 Å². The van der Waals surface area contributed by atoms with Gasteiger partial charge in [-0.25, -0.2) is 4.79 Å². The lowest BCUT2D eigenvalue weighted by Crippen LogP contribution is -2.18.